The zero-order valence-electron chi connectivity index (χ0n) is 9.66. The van der Waals surface area contributed by atoms with Gasteiger partial charge in [-0.1, -0.05) is 26.0 Å². The Labute approximate surface area is 91.4 Å². The first-order chi connectivity index (χ1) is 7.16. The van der Waals surface area contributed by atoms with Gasteiger partial charge in [0.25, 0.3) is 0 Å². The highest BCUT2D eigenvalue weighted by Gasteiger charge is 2.34. The molecule has 2 rings (SSSR count). The van der Waals surface area contributed by atoms with Gasteiger partial charge in [-0.3, -0.25) is 0 Å². The molecular weight excluding hydrogens is 186 g/mol. The molecule has 2 heteroatoms. The van der Waals surface area contributed by atoms with E-state index < -0.39 is 0 Å². The molecule has 2 N–H and O–H groups in total. The largest absolute Gasteiger partial charge is 0.494 e. The summed E-state index contributed by atoms with van der Waals surface area (Å²) in [5.41, 5.74) is 8.77. The third-order valence-corrected chi connectivity index (χ3v) is 3.57. The van der Waals surface area contributed by atoms with Crippen molar-refractivity contribution in [2.45, 2.75) is 32.7 Å². The molecule has 0 aliphatic heterocycles. The zero-order chi connectivity index (χ0) is 11.0. The first-order valence-electron chi connectivity index (χ1n) is 5.68. The van der Waals surface area contributed by atoms with E-state index in [9.17, 15) is 0 Å². The van der Waals surface area contributed by atoms with Crippen LogP contribution in [0.15, 0.2) is 18.2 Å². The molecule has 1 aromatic carbocycles. The summed E-state index contributed by atoms with van der Waals surface area (Å²) in [7, 11) is 0. The normalized spacial score (nSPS) is 28.9. The summed E-state index contributed by atoms with van der Waals surface area (Å²) in [5, 5.41) is 0. The van der Waals surface area contributed by atoms with Crippen molar-refractivity contribution in [3.63, 3.8) is 0 Å². The van der Waals surface area contributed by atoms with Crippen LogP contribution in [0.5, 0.6) is 5.75 Å². The van der Waals surface area contributed by atoms with E-state index >= 15 is 0 Å². The molecule has 0 aromatic heterocycles. The number of rotatable bonds is 2. The number of hydrogen-bond donors (Lipinski definition) is 1. The van der Waals surface area contributed by atoms with Gasteiger partial charge in [0.2, 0.25) is 0 Å². The highest BCUT2D eigenvalue weighted by Crippen LogP contribution is 2.47. The number of hydrogen-bond acceptors (Lipinski definition) is 2. The van der Waals surface area contributed by atoms with Crippen LogP contribution in [0.3, 0.4) is 0 Å². The molecule has 1 aromatic rings. The predicted octanol–water partition coefficient (Wildman–Crippen LogP) is 2.84. The van der Waals surface area contributed by atoms with Gasteiger partial charge >= 0.3 is 0 Å². The van der Waals surface area contributed by atoms with Gasteiger partial charge in [-0.15, -0.1) is 0 Å². The first kappa shape index (κ1) is 10.5. The summed E-state index contributed by atoms with van der Waals surface area (Å²) in [6, 6.07) is 6.37. The van der Waals surface area contributed by atoms with Crippen LogP contribution in [0.4, 0.5) is 0 Å². The molecule has 0 spiro atoms. The predicted molar refractivity (Wildman–Crippen MR) is 62.1 cm³/mol. The molecule has 3 atom stereocenters. The second-order valence-corrected chi connectivity index (χ2v) is 4.37. The van der Waals surface area contributed by atoms with E-state index in [-0.39, 0.29) is 6.04 Å². The smallest absolute Gasteiger partial charge is 0.123 e. The molecule has 0 amide bonds. The summed E-state index contributed by atoms with van der Waals surface area (Å²) in [6.07, 6.45) is 0. The number of ether oxygens (including phenoxy) is 1. The van der Waals surface area contributed by atoms with Crippen LogP contribution >= 0.6 is 0 Å². The fourth-order valence-corrected chi connectivity index (χ4v) is 2.48. The van der Waals surface area contributed by atoms with Crippen LogP contribution in [-0.2, 0) is 0 Å². The van der Waals surface area contributed by atoms with Crippen LogP contribution < -0.4 is 10.5 Å². The molecule has 0 bridgehead atoms. The van der Waals surface area contributed by atoms with Gasteiger partial charge in [0.15, 0.2) is 0 Å². The van der Waals surface area contributed by atoms with E-state index in [1.165, 1.54) is 11.1 Å². The summed E-state index contributed by atoms with van der Waals surface area (Å²) in [4.78, 5) is 0. The summed E-state index contributed by atoms with van der Waals surface area (Å²) in [5.74, 6) is 2.02. The monoisotopic (exact) mass is 205 g/mol. The number of benzene rings is 1. The van der Waals surface area contributed by atoms with Gasteiger partial charge in [-0.25, -0.2) is 0 Å². The van der Waals surface area contributed by atoms with Gasteiger partial charge in [0.1, 0.15) is 5.75 Å². The van der Waals surface area contributed by atoms with Gasteiger partial charge < -0.3 is 10.5 Å². The molecular formula is C13H19NO. The maximum atomic E-state index is 6.19. The third kappa shape index (κ3) is 1.53. The van der Waals surface area contributed by atoms with Gasteiger partial charge in [-0.2, -0.15) is 0 Å². The summed E-state index contributed by atoms with van der Waals surface area (Å²) < 4.78 is 5.66. The summed E-state index contributed by atoms with van der Waals surface area (Å²) >= 11 is 0. The van der Waals surface area contributed by atoms with E-state index in [0.717, 1.165) is 5.75 Å². The Balaban J connectivity index is 2.48. The molecule has 1 aliphatic rings. The molecule has 1 aliphatic carbocycles. The van der Waals surface area contributed by atoms with E-state index in [2.05, 4.69) is 19.9 Å². The topological polar surface area (TPSA) is 35.2 Å². The Morgan fingerprint density at radius 1 is 1.33 bits per heavy atom. The molecule has 3 unspecified atom stereocenters. The van der Waals surface area contributed by atoms with Gasteiger partial charge in [-0.05, 0) is 30.4 Å². The Bertz CT molecular complexity index is 362. The lowest BCUT2D eigenvalue weighted by Crippen LogP contribution is -2.14. The number of fused-ring (bicyclic) bond motifs is 1. The standard InChI is InChI=1S/C13H19NO/c1-4-15-11-7-5-6-10-12(11)8(2)9(3)13(10)14/h5-9,13H,4,14H2,1-3H3. The van der Waals surface area contributed by atoms with Crippen molar-refractivity contribution >= 4 is 0 Å². The van der Waals surface area contributed by atoms with Crippen molar-refractivity contribution in [3.05, 3.63) is 29.3 Å². The molecule has 82 valence electrons. The van der Waals surface area contributed by atoms with E-state index in [0.29, 0.717) is 18.4 Å². The molecule has 0 heterocycles. The second kappa shape index (κ2) is 3.86. The molecule has 0 saturated carbocycles. The van der Waals surface area contributed by atoms with Crippen LogP contribution in [0, 0.1) is 5.92 Å². The average Bonchev–Trinajstić information content (AvgIpc) is 2.46. The molecule has 0 fully saturated rings. The molecule has 2 nitrogen and oxygen atoms in total. The third-order valence-electron chi connectivity index (χ3n) is 3.57. The fourth-order valence-electron chi connectivity index (χ4n) is 2.48. The minimum absolute atomic E-state index is 0.162. The highest BCUT2D eigenvalue weighted by atomic mass is 16.5. The van der Waals surface area contributed by atoms with Gasteiger partial charge in [0, 0.05) is 11.6 Å². The minimum atomic E-state index is 0.162. The van der Waals surface area contributed by atoms with Crippen LogP contribution in [0.2, 0.25) is 0 Å². The minimum Gasteiger partial charge on any atom is -0.494 e. The lowest BCUT2D eigenvalue weighted by Gasteiger charge is -2.14. The lowest BCUT2D eigenvalue weighted by molar-refractivity contribution is 0.333. The maximum absolute atomic E-state index is 6.19. The zero-order valence-corrected chi connectivity index (χ0v) is 9.66. The highest BCUT2D eigenvalue weighted by molar-refractivity contribution is 5.48. The number of nitrogens with two attached hydrogens (primary N) is 1. The Kier molecular flexibility index (Phi) is 2.70. The Morgan fingerprint density at radius 2 is 2.07 bits per heavy atom. The maximum Gasteiger partial charge on any atom is 0.123 e. The summed E-state index contributed by atoms with van der Waals surface area (Å²) in [6.45, 7) is 7.18. The van der Waals surface area contributed by atoms with Crippen LogP contribution in [0.25, 0.3) is 0 Å². The average molecular weight is 205 g/mol. The van der Waals surface area contributed by atoms with Crippen LogP contribution in [0.1, 0.15) is 43.9 Å². The van der Waals surface area contributed by atoms with Crippen molar-refractivity contribution in [2.75, 3.05) is 6.61 Å². The molecule has 15 heavy (non-hydrogen) atoms. The molecule has 0 radical (unpaired) electrons. The van der Waals surface area contributed by atoms with Crippen molar-refractivity contribution in [3.8, 4) is 5.75 Å². The van der Waals surface area contributed by atoms with Gasteiger partial charge in [0.05, 0.1) is 6.61 Å². The lowest BCUT2D eigenvalue weighted by atomic mass is 9.94. The quantitative estimate of drug-likeness (QED) is 0.805. The Hall–Kier alpha value is -1.02. The van der Waals surface area contributed by atoms with Crippen molar-refractivity contribution in [1.82, 2.24) is 0 Å². The first-order valence-corrected chi connectivity index (χ1v) is 5.68. The van der Waals surface area contributed by atoms with Crippen LogP contribution in [-0.4, -0.2) is 6.61 Å². The molecule has 0 saturated heterocycles. The second-order valence-electron chi connectivity index (χ2n) is 4.37. The van der Waals surface area contributed by atoms with Crippen molar-refractivity contribution < 1.29 is 4.74 Å². The van der Waals surface area contributed by atoms with Crippen molar-refractivity contribution in [2.24, 2.45) is 11.7 Å². The SMILES string of the molecule is CCOc1cccc2c1C(C)C(C)C2N. The Morgan fingerprint density at radius 3 is 2.73 bits per heavy atom. The van der Waals surface area contributed by atoms with E-state index in [1.807, 2.05) is 19.1 Å². The fraction of sp³-hybridized carbons (Fsp3) is 0.538. The van der Waals surface area contributed by atoms with E-state index in [4.69, 9.17) is 10.5 Å². The van der Waals surface area contributed by atoms with E-state index in [1.54, 1.807) is 0 Å². The van der Waals surface area contributed by atoms with Crippen molar-refractivity contribution in [1.29, 1.82) is 0 Å².